The van der Waals surface area contributed by atoms with Gasteiger partial charge in [0.15, 0.2) is 5.82 Å². The highest BCUT2D eigenvalue weighted by Gasteiger charge is 2.46. The predicted octanol–water partition coefficient (Wildman–Crippen LogP) is 0.956. The summed E-state index contributed by atoms with van der Waals surface area (Å²) in [4.78, 5) is 21.9. The molecule has 3 aliphatic heterocycles. The van der Waals surface area contributed by atoms with Gasteiger partial charge in [-0.25, -0.2) is 9.50 Å². The van der Waals surface area contributed by atoms with E-state index in [4.69, 9.17) is 4.74 Å². The van der Waals surface area contributed by atoms with E-state index in [0.717, 1.165) is 48.4 Å². The molecule has 9 nitrogen and oxygen atoms in total. The molecule has 0 N–H and O–H groups in total. The van der Waals surface area contributed by atoms with Crippen LogP contribution in [-0.2, 0) is 16.6 Å². The van der Waals surface area contributed by atoms with Gasteiger partial charge in [-0.05, 0) is 18.9 Å². The molecule has 0 aromatic carbocycles. The number of ether oxygens (including phenoxy) is 1. The predicted molar refractivity (Wildman–Crippen MR) is 105 cm³/mol. The smallest absolute Gasteiger partial charge is 0.230 e. The van der Waals surface area contributed by atoms with Crippen molar-refractivity contribution in [2.75, 3.05) is 31.2 Å². The number of carbonyl (C=O) groups is 1. The third-order valence-corrected chi connectivity index (χ3v) is 6.45. The number of aromatic nitrogens is 5. The van der Waals surface area contributed by atoms with E-state index >= 15 is 0 Å². The molecule has 1 amide bonds. The van der Waals surface area contributed by atoms with Gasteiger partial charge in [0.2, 0.25) is 5.91 Å². The second kappa shape index (κ2) is 6.28. The van der Waals surface area contributed by atoms with E-state index in [1.54, 1.807) is 11.0 Å². The van der Waals surface area contributed by atoms with Crippen LogP contribution in [0.1, 0.15) is 12.8 Å². The van der Waals surface area contributed by atoms with Crippen LogP contribution in [0.15, 0.2) is 31.0 Å². The monoisotopic (exact) mass is 393 g/mol. The lowest BCUT2D eigenvalue weighted by Crippen LogP contribution is -2.59. The Morgan fingerprint density at radius 1 is 1.10 bits per heavy atom. The number of aryl methyl sites for hydroxylation is 1. The lowest BCUT2D eigenvalue weighted by atomic mass is 10.0. The van der Waals surface area contributed by atoms with Gasteiger partial charge in [-0.1, -0.05) is 0 Å². The molecule has 0 spiro atoms. The lowest BCUT2D eigenvalue weighted by Gasteiger charge is -2.44. The fourth-order valence-electron chi connectivity index (χ4n) is 4.91. The minimum absolute atomic E-state index is 0.0584. The number of carbonyl (C=O) groups excluding carboxylic acids is 1. The molecule has 6 heterocycles. The summed E-state index contributed by atoms with van der Waals surface area (Å²) in [5.41, 5.74) is 3.11. The summed E-state index contributed by atoms with van der Waals surface area (Å²) in [6.07, 6.45) is 9.60. The number of amides is 1. The Hall–Kier alpha value is -2.94. The van der Waals surface area contributed by atoms with Gasteiger partial charge in [0.05, 0.1) is 25.3 Å². The average molecular weight is 393 g/mol. The second-order valence-corrected chi connectivity index (χ2v) is 8.31. The molecule has 0 radical (unpaired) electrons. The van der Waals surface area contributed by atoms with Crippen molar-refractivity contribution in [1.82, 2.24) is 29.3 Å². The van der Waals surface area contributed by atoms with Gasteiger partial charge in [0, 0.05) is 55.7 Å². The van der Waals surface area contributed by atoms with Gasteiger partial charge in [-0.2, -0.15) is 10.2 Å². The maximum absolute atomic E-state index is 12.8. The van der Waals surface area contributed by atoms with Crippen LogP contribution in [0.25, 0.3) is 16.6 Å². The third kappa shape index (κ3) is 2.64. The van der Waals surface area contributed by atoms with Crippen molar-refractivity contribution in [1.29, 1.82) is 0 Å². The molecule has 2 bridgehead atoms. The van der Waals surface area contributed by atoms with Crippen LogP contribution in [0, 0.1) is 5.92 Å². The van der Waals surface area contributed by atoms with Crippen LogP contribution >= 0.6 is 0 Å². The first kappa shape index (κ1) is 17.0. The third-order valence-electron chi connectivity index (χ3n) is 6.45. The highest BCUT2D eigenvalue weighted by atomic mass is 16.5. The van der Waals surface area contributed by atoms with Crippen LogP contribution in [-0.4, -0.2) is 73.6 Å². The fraction of sp³-hybridized carbons (Fsp3) is 0.500. The molecule has 6 rings (SSSR count). The van der Waals surface area contributed by atoms with E-state index in [9.17, 15) is 4.79 Å². The van der Waals surface area contributed by atoms with E-state index in [1.165, 1.54) is 0 Å². The maximum Gasteiger partial charge on any atom is 0.230 e. The number of piperazine rings is 1. The lowest BCUT2D eigenvalue weighted by molar-refractivity contribution is -0.153. The Morgan fingerprint density at radius 3 is 2.55 bits per heavy atom. The van der Waals surface area contributed by atoms with E-state index < -0.39 is 0 Å². The summed E-state index contributed by atoms with van der Waals surface area (Å²) in [7, 11) is 1.91. The van der Waals surface area contributed by atoms with Gasteiger partial charge in [-0.15, -0.1) is 0 Å². The highest BCUT2D eigenvalue weighted by molar-refractivity contribution is 5.82. The van der Waals surface area contributed by atoms with E-state index in [2.05, 4.69) is 31.0 Å². The normalized spacial score (nSPS) is 24.3. The SMILES string of the molecule is Cn1cc(-c2cc3c(N4CC5CCC(C4)N5C(=O)C4COC4)ncnn3c2)cn1. The first-order valence-electron chi connectivity index (χ1n) is 10.1. The summed E-state index contributed by atoms with van der Waals surface area (Å²) in [5.74, 6) is 1.27. The van der Waals surface area contributed by atoms with E-state index in [0.29, 0.717) is 13.2 Å². The topological polar surface area (TPSA) is 80.8 Å². The number of anilines is 1. The van der Waals surface area contributed by atoms with Crippen LogP contribution in [0.3, 0.4) is 0 Å². The molecule has 3 aliphatic rings. The van der Waals surface area contributed by atoms with E-state index in [-0.39, 0.29) is 23.9 Å². The first-order valence-corrected chi connectivity index (χ1v) is 10.1. The minimum Gasteiger partial charge on any atom is -0.380 e. The number of hydrogen-bond donors (Lipinski definition) is 0. The van der Waals surface area contributed by atoms with Crippen LogP contribution < -0.4 is 4.90 Å². The molecule has 150 valence electrons. The fourth-order valence-corrected chi connectivity index (χ4v) is 4.91. The van der Waals surface area contributed by atoms with E-state index in [1.807, 2.05) is 30.2 Å². The van der Waals surface area contributed by atoms with Crippen molar-refractivity contribution in [2.45, 2.75) is 24.9 Å². The maximum atomic E-state index is 12.8. The molecule has 9 heteroatoms. The van der Waals surface area contributed by atoms with Gasteiger partial charge < -0.3 is 14.5 Å². The largest absolute Gasteiger partial charge is 0.380 e. The number of rotatable bonds is 3. The van der Waals surface area contributed by atoms with Crippen molar-refractivity contribution < 1.29 is 9.53 Å². The summed E-state index contributed by atoms with van der Waals surface area (Å²) < 4.78 is 8.91. The molecule has 2 atom stereocenters. The molecule has 3 aromatic heterocycles. The molecule has 0 aliphatic carbocycles. The quantitative estimate of drug-likeness (QED) is 0.659. The Labute approximate surface area is 167 Å². The van der Waals surface area contributed by atoms with Crippen LogP contribution in [0.4, 0.5) is 5.82 Å². The Bertz CT molecular complexity index is 1070. The standard InChI is InChI=1S/C20H23N7O2/c1-24-6-14(5-22-24)13-4-18-19(21-12-23-26(18)7-13)25-8-16-2-3-17(9-25)27(16)20(28)15-10-29-11-15/h4-7,12,15-17H,2-3,8-11H2,1H3. The van der Waals surface area contributed by atoms with Gasteiger partial charge in [0.1, 0.15) is 11.8 Å². The van der Waals surface area contributed by atoms with Gasteiger partial charge in [-0.3, -0.25) is 9.48 Å². The second-order valence-electron chi connectivity index (χ2n) is 8.31. The molecule has 0 saturated carbocycles. The molecular formula is C20H23N7O2. The number of hydrogen-bond acceptors (Lipinski definition) is 6. The summed E-state index contributed by atoms with van der Waals surface area (Å²) in [6, 6.07) is 2.63. The van der Waals surface area contributed by atoms with Crippen molar-refractivity contribution in [3.8, 4) is 11.1 Å². The zero-order chi connectivity index (χ0) is 19.5. The van der Waals surface area contributed by atoms with Crippen molar-refractivity contribution >= 4 is 17.2 Å². The summed E-state index contributed by atoms with van der Waals surface area (Å²) in [6.45, 7) is 2.78. The zero-order valence-electron chi connectivity index (χ0n) is 16.3. The zero-order valence-corrected chi connectivity index (χ0v) is 16.3. The summed E-state index contributed by atoms with van der Waals surface area (Å²) in [5, 5.41) is 8.67. The Kier molecular flexibility index (Phi) is 3.67. The Balaban J connectivity index is 1.31. The van der Waals surface area contributed by atoms with Gasteiger partial charge in [0.25, 0.3) is 0 Å². The molecule has 3 aromatic rings. The highest BCUT2D eigenvalue weighted by Crippen LogP contribution is 2.36. The van der Waals surface area contributed by atoms with Crippen molar-refractivity contribution in [3.63, 3.8) is 0 Å². The van der Waals surface area contributed by atoms with Crippen LogP contribution in [0.2, 0.25) is 0 Å². The molecule has 29 heavy (non-hydrogen) atoms. The van der Waals surface area contributed by atoms with Crippen molar-refractivity contribution in [3.05, 3.63) is 31.0 Å². The van der Waals surface area contributed by atoms with Crippen LogP contribution in [0.5, 0.6) is 0 Å². The number of fused-ring (bicyclic) bond motifs is 3. The minimum atomic E-state index is 0.0584. The average Bonchev–Trinajstić information content (AvgIpc) is 3.35. The van der Waals surface area contributed by atoms with Crippen molar-refractivity contribution in [2.24, 2.45) is 13.0 Å². The number of nitrogens with zero attached hydrogens (tertiary/aromatic N) is 7. The Morgan fingerprint density at radius 2 is 1.90 bits per heavy atom. The molecule has 3 fully saturated rings. The molecule has 3 saturated heterocycles. The molecule has 2 unspecified atom stereocenters. The molecular weight excluding hydrogens is 370 g/mol. The van der Waals surface area contributed by atoms with Gasteiger partial charge >= 0.3 is 0 Å². The first-order chi connectivity index (χ1) is 14.2. The summed E-state index contributed by atoms with van der Waals surface area (Å²) >= 11 is 0.